The maximum Gasteiger partial charge on any atom is 1.00 e. The van der Waals surface area contributed by atoms with Crippen LogP contribution in [0.3, 0.4) is 0 Å². The average molecular weight is 364 g/mol. The van der Waals surface area contributed by atoms with Crippen LogP contribution in [0.5, 0.6) is 11.5 Å². The second-order valence-electron chi connectivity index (χ2n) is 4.73. The van der Waals surface area contributed by atoms with Crippen LogP contribution in [0.2, 0.25) is 0 Å². The summed E-state index contributed by atoms with van der Waals surface area (Å²) in [4.78, 5) is -0.254. The molecule has 1 aliphatic heterocycles. The van der Waals surface area contributed by atoms with E-state index in [1.807, 2.05) is 10.8 Å². The van der Waals surface area contributed by atoms with Gasteiger partial charge in [0.25, 0.3) is 0 Å². The van der Waals surface area contributed by atoms with Crippen LogP contribution in [0.25, 0.3) is 0 Å². The summed E-state index contributed by atoms with van der Waals surface area (Å²) in [5, 5.41) is 3.71. The first kappa shape index (κ1) is 18.7. The molecular weight excluding hydrogens is 351 g/mol. The average Bonchev–Trinajstić information content (AvgIpc) is 2.94. The van der Waals surface area contributed by atoms with Crippen molar-refractivity contribution in [3.8, 4) is 11.5 Å². The molecule has 1 aliphatic rings. The van der Waals surface area contributed by atoms with E-state index in [1.165, 1.54) is 23.5 Å². The minimum Gasteiger partial charge on any atom is -0.744 e. The van der Waals surface area contributed by atoms with E-state index in [9.17, 15) is 13.0 Å². The molecule has 0 N–H and O–H groups in total. The summed E-state index contributed by atoms with van der Waals surface area (Å²) in [6.07, 6.45) is -0.266. The Labute approximate surface area is 160 Å². The molecule has 0 fully saturated rings. The summed E-state index contributed by atoms with van der Waals surface area (Å²) in [7, 11) is -4.51. The van der Waals surface area contributed by atoms with Crippen LogP contribution in [0.15, 0.2) is 39.9 Å². The third-order valence-corrected chi connectivity index (χ3v) is 4.75. The summed E-state index contributed by atoms with van der Waals surface area (Å²) in [5.74, 6) is 1.41. The van der Waals surface area contributed by atoms with Crippen LogP contribution in [0, 0.1) is 0 Å². The van der Waals surface area contributed by atoms with E-state index < -0.39 is 10.1 Å². The van der Waals surface area contributed by atoms with E-state index in [1.54, 1.807) is 12.1 Å². The first-order chi connectivity index (χ1) is 10.5. The number of ether oxygens (including phenoxy) is 3. The third kappa shape index (κ3) is 4.69. The van der Waals surface area contributed by atoms with Crippen molar-refractivity contribution in [2.45, 2.75) is 17.6 Å². The van der Waals surface area contributed by atoms with Gasteiger partial charge in [0.05, 0.1) is 18.1 Å². The van der Waals surface area contributed by atoms with Crippen molar-refractivity contribution in [3.05, 3.63) is 40.6 Å². The molecule has 2 heterocycles. The van der Waals surface area contributed by atoms with Crippen molar-refractivity contribution in [1.29, 1.82) is 0 Å². The molecule has 2 aromatic rings. The van der Waals surface area contributed by atoms with Crippen molar-refractivity contribution < 1.29 is 56.7 Å². The largest absolute Gasteiger partial charge is 1.00 e. The van der Waals surface area contributed by atoms with Gasteiger partial charge < -0.3 is 18.8 Å². The van der Waals surface area contributed by atoms with Gasteiger partial charge in [-0.25, -0.2) is 8.42 Å². The molecule has 118 valence electrons. The van der Waals surface area contributed by atoms with Crippen LogP contribution < -0.4 is 39.0 Å². The summed E-state index contributed by atoms with van der Waals surface area (Å²) in [5.41, 5.74) is 0.338. The van der Waals surface area contributed by atoms with E-state index in [-0.39, 0.29) is 53.8 Å². The summed E-state index contributed by atoms with van der Waals surface area (Å²) < 4.78 is 50.2. The molecule has 1 atom stereocenters. The molecule has 0 aliphatic carbocycles. The molecular formula is C14H13NaO6S2. The van der Waals surface area contributed by atoms with Crippen LogP contribution in [-0.4, -0.2) is 32.3 Å². The van der Waals surface area contributed by atoms with Gasteiger partial charge in [0.1, 0.15) is 16.7 Å². The fourth-order valence-corrected chi connectivity index (χ4v) is 3.47. The molecule has 6 nitrogen and oxygen atoms in total. The monoisotopic (exact) mass is 364 g/mol. The molecule has 0 amide bonds. The van der Waals surface area contributed by atoms with Gasteiger partial charge in [0, 0.05) is 10.8 Å². The Morgan fingerprint density at radius 2 is 2.00 bits per heavy atom. The van der Waals surface area contributed by atoms with Gasteiger partial charge in [-0.2, -0.15) is 0 Å². The van der Waals surface area contributed by atoms with E-state index in [2.05, 4.69) is 0 Å². The second kappa shape index (κ2) is 7.98. The summed E-state index contributed by atoms with van der Waals surface area (Å²) in [6.45, 7) is 0.627. The van der Waals surface area contributed by atoms with Gasteiger partial charge in [-0.1, -0.05) is 18.2 Å². The normalized spacial score (nSPS) is 16.7. The standard InChI is InChI=1S/C14H14O6S2.Na/c15-22(16,17)14-4-2-1-3-10(14)5-18-6-11-7-19-12-8-21-9-13(12)20-11;/h1-4,8-9,11H,5-7H2,(H,15,16,17);/q;+1/p-1. The predicted molar refractivity (Wildman–Crippen MR) is 78.3 cm³/mol. The molecule has 3 rings (SSSR count). The van der Waals surface area contributed by atoms with Gasteiger partial charge in [0.15, 0.2) is 17.6 Å². The van der Waals surface area contributed by atoms with Crippen LogP contribution in [0.1, 0.15) is 5.56 Å². The van der Waals surface area contributed by atoms with Gasteiger partial charge in [-0.3, -0.25) is 0 Å². The van der Waals surface area contributed by atoms with Crippen molar-refractivity contribution in [1.82, 2.24) is 0 Å². The molecule has 1 aromatic heterocycles. The Morgan fingerprint density at radius 3 is 2.78 bits per heavy atom. The van der Waals surface area contributed by atoms with Crippen LogP contribution >= 0.6 is 11.3 Å². The molecule has 0 saturated heterocycles. The number of rotatable bonds is 5. The zero-order chi connectivity index (χ0) is 15.6. The Morgan fingerprint density at radius 1 is 1.26 bits per heavy atom. The SMILES string of the molecule is O=S(=O)([O-])c1ccccc1COCC1COc2cscc2O1.[Na+]. The molecule has 1 unspecified atom stereocenters. The van der Waals surface area contributed by atoms with E-state index in [4.69, 9.17) is 14.2 Å². The maximum absolute atomic E-state index is 11.2. The molecule has 23 heavy (non-hydrogen) atoms. The minimum absolute atomic E-state index is 0. The first-order valence-electron chi connectivity index (χ1n) is 6.51. The van der Waals surface area contributed by atoms with Crippen molar-refractivity contribution in [2.75, 3.05) is 13.2 Å². The quantitative estimate of drug-likeness (QED) is 0.501. The zero-order valence-electron chi connectivity index (χ0n) is 12.4. The van der Waals surface area contributed by atoms with Crippen LogP contribution in [-0.2, 0) is 21.5 Å². The van der Waals surface area contributed by atoms with Gasteiger partial charge >= 0.3 is 29.6 Å². The van der Waals surface area contributed by atoms with E-state index >= 15 is 0 Å². The summed E-state index contributed by atoms with van der Waals surface area (Å²) >= 11 is 1.49. The number of fused-ring (bicyclic) bond motifs is 1. The Kier molecular flexibility index (Phi) is 6.49. The fourth-order valence-electron chi connectivity index (χ4n) is 2.11. The van der Waals surface area contributed by atoms with Gasteiger partial charge in [-0.15, -0.1) is 11.3 Å². The van der Waals surface area contributed by atoms with E-state index in [0.29, 0.717) is 17.9 Å². The number of hydrogen-bond acceptors (Lipinski definition) is 7. The Hall–Kier alpha value is -0.610. The van der Waals surface area contributed by atoms with Gasteiger partial charge in [-0.05, 0) is 11.6 Å². The topological polar surface area (TPSA) is 84.9 Å². The first-order valence-corrected chi connectivity index (χ1v) is 8.86. The molecule has 0 radical (unpaired) electrons. The maximum atomic E-state index is 11.2. The number of thiophene rings is 1. The fraction of sp³-hybridized carbons (Fsp3) is 0.286. The molecule has 0 spiro atoms. The second-order valence-corrected chi connectivity index (χ2v) is 6.82. The number of hydrogen-bond donors (Lipinski definition) is 0. The third-order valence-electron chi connectivity index (χ3n) is 3.11. The van der Waals surface area contributed by atoms with Crippen molar-refractivity contribution in [2.24, 2.45) is 0 Å². The molecule has 1 aromatic carbocycles. The molecule has 0 saturated carbocycles. The Balaban J connectivity index is 0.00000192. The van der Waals surface area contributed by atoms with Crippen molar-refractivity contribution >= 4 is 21.5 Å². The summed E-state index contributed by atoms with van der Waals surface area (Å²) in [6, 6.07) is 5.99. The van der Waals surface area contributed by atoms with Crippen molar-refractivity contribution in [3.63, 3.8) is 0 Å². The molecule has 0 bridgehead atoms. The zero-order valence-corrected chi connectivity index (χ0v) is 16.1. The van der Waals surface area contributed by atoms with Gasteiger partial charge in [0.2, 0.25) is 0 Å². The molecule has 9 heteroatoms. The number of benzene rings is 1. The smallest absolute Gasteiger partial charge is 0.744 e. The Bertz CT molecular complexity index is 758. The predicted octanol–water partition coefficient (Wildman–Crippen LogP) is -0.987. The van der Waals surface area contributed by atoms with Crippen LogP contribution in [0.4, 0.5) is 0 Å². The minimum atomic E-state index is -4.51. The van der Waals surface area contributed by atoms with E-state index in [0.717, 1.165) is 5.75 Å².